The second-order valence-corrected chi connectivity index (χ2v) is 8.15. The Morgan fingerprint density at radius 2 is 1.79 bits per heavy atom. The highest BCUT2D eigenvalue weighted by Gasteiger charge is 2.14. The van der Waals surface area contributed by atoms with Crippen LogP contribution in [-0.4, -0.2) is 26.6 Å². The third-order valence-electron chi connectivity index (χ3n) is 4.90. The van der Waals surface area contributed by atoms with Crippen molar-refractivity contribution in [3.63, 3.8) is 0 Å². The number of hydrogen-bond donors (Lipinski definition) is 1. The molecule has 7 heteroatoms. The van der Waals surface area contributed by atoms with Crippen molar-refractivity contribution in [2.24, 2.45) is 0 Å². The number of benzene rings is 2. The molecule has 0 fully saturated rings. The molecule has 0 atom stereocenters. The number of fused-ring (bicyclic) bond motifs is 2. The zero-order valence-corrected chi connectivity index (χ0v) is 17.2. The van der Waals surface area contributed by atoms with E-state index in [1.807, 2.05) is 49.4 Å². The van der Waals surface area contributed by atoms with E-state index in [1.165, 1.54) is 4.70 Å². The van der Waals surface area contributed by atoms with Gasteiger partial charge < -0.3 is 5.32 Å². The van der Waals surface area contributed by atoms with Gasteiger partial charge in [-0.2, -0.15) is 0 Å². The number of carbonyl (C=O) groups excluding carboxylic acids is 1. The fraction of sp³-hybridized carbons (Fsp3) is 0.318. The van der Waals surface area contributed by atoms with Gasteiger partial charge in [0.05, 0.1) is 26.3 Å². The molecule has 2 aromatic heterocycles. The zero-order chi connectivity index (χ0) is 20.2. The van der Waals surface area contributed by atoms with Gasteiger partial charge in [0.2, 0.25) is 5.91 Å². The Morgan fingerprint density at radius 1 is 1.07 bits per heavy atom. The van der Waals surface area contributed by atoms with Gasteiger partial charge in [-0.05, 0) is 37.1 Å². The van der Waals surface area contributed by atoms with Gasteiger partial charge in [0, 0.05) is 19.5 Å². The van der Waals surface area contributed by atoms with E-state index in [1.54, 1.807) is 20.5 Å². The van der Waals surface area contributed by atoms with E-state index in [2.05, 4.69) is 16.4 Å². The quantitative estimate of drug-likeness (QED) is 0.453. The highest BCUT2D eigenvalue weighted by Crippen LogP contribution is 2.22. The summed E-state index contributed by atoms with van der Waals surface area (Å²) in [7, 11) is 0. The predicted molar refractivity (Wildman–Crippen MR) is 117 cm³/mol. The molecule has 0 radical (unpaired) electrons. The maximum absolute atomic E-state index is 12.8. The lowest BCUT2D eigenvalue weighted by Crippen LogP contribution is -2.33. The molecule has 0 aliphatic heterocycles. The van der Waals surface area contributed by atoms with E-state index in [0.29, 0.717) is 13.1 Å². The fourth-order valence-corrected chi connectivity index (χ4v) is 4.57. The van der Waals surface area contributed by atoms with E-state index in [4.69, 9.17) is 0 Å². The minimum Gasteiger partial charge on any atom is -0.355 e. The third kappa shape index (κ3) is 4.10. The molecule has 150 valence electrons. The zero-order valence-electron chi connectivity index (χ0n) is 16.4. The van der Waals surface area contributed by atoms with Crippen molar-refractivity contribution < 1.29 is 4.79 Å². The van der Waals surface area contributed by atoms with Crippen molar-refractivity contribution in [1.82, 2.24) is 19.4 Å². The van der Waals surface area contributed by atoms with E-state index in [0.717, 1.165) is 40.8 Å². The molecule has 4 aromatic rings. The van der Waals surface area contributed by atoms with Gasteiger partial charge in [-0.3, -0.25) is 13.9 Å². The second kappa shape index (κ2) is 8.61. The summed E-state index contributed by atoms with van der Waals surface area (Å²) in [6, 6.07) is 15.7. The average molecular weight is 409 g/mol. The molecule has 0 bridgehead atoms. The van der Waals surface area contributed by atoms with Crippen molar-refractivity contribution >= 4 is 38.5 Å². The molecular weight excluding hydrogens is 384 g/mol. The number of aryl methyl sites for hydroxylation is 2. The van der Waals surface area contributed by atoms with E-state index >= 15 is 0 Å². The van der Waals surface area contributed by atoms with Crippen molar-refractivity contribution in [2.75, 3.05) is 6.54 Å². The summed E-state index contributed by atoms with van der Waals surface area (Å²) in [6.45, 7) is 3.29. The van der Waals surface area contributed by atoms with Crippen molar-refractivity contribution in [3.05, 3.63) is 64.0 Å². The number of hydrogen-bond acceptors (Lipinski definition) is 4. The summed E-state index contributed by atoms with van der Waals surface area (Å²) < 4.78 is 4.50. The lowest BCUT2D eigenvalue weighted by Gasteiger charge is -2.05. The minimum atomic E-state index is -0.143. The van der Waals surface area contributed by atoms with Crippen LogP contribution in [0.25, 0.3) is 21.3 Å². The number of imidazole rings is 1. The summed E-state index contributed by atoms with van der Waals surface area (Å²) in [5.74, 6) is -0.143. The summed E-state index contributed by atoms with van der Waals surface area (Å²) in [5.41, 5.74) is 2.58. The van der Waals surface area contributed by atoms with Crippen LogP contribution >= 0.6 is 11.3 Å². The first-order valence-corrected chi connectivity index (χ1v) is 10.8. The number of aromatic nitrogens is 3. The summed E-state index contributed by atoms with van der Waals surface area (Å²) in [4.78, 5) is 29.8. The van der Waals surface area contributed by atoms with Gasteiger partial charge in [-0.1, -0.05) is 31.2 Å². The standard InChI is InChI=1S/C22H24N4O2S/c1-2-14-25-17-9-4-5-10-18(17)26(22(25)28)15-20(27)23-13-7-12-21-24-16-8-3-6-11-19(16)29-21/h3-6,8-11H,2,7,12-15H2,1H3,(H,23,27). The number of nitrogens with zero attached hydrogens (tertiary/aromatic N) is 3. The molecule has 2 heterocycles. The Balaban J connectivity index is 1.36. The topological polar surface area (TPSA) is 68.9 Å². The molecule has 6 nitrogen and oxygen atoms in total. The highest BCUT2D eigenvalue weighted by atomic mass is 32.1. The highest BCUT2D eigenvalue weighted by molar-refractivity contribution is 7.18. The van der Waals surface area contributed by atoms with Crippen LogP contribution in [-0.2, 0) is 24.3 Å². The molecule has 0 saturated heterocycles. The van der Waals surface area contributed by atoms with Crippen LogP contribution in [0.15, 0.2) is 53.3 Å². The van der Waals surface area contributed by atoms with Crippen molar-refractivity contribution in [3.8, 4) is 0 Å². The first-order chi connectivity index (χ1) is 14.2. The van der Waals surface area contributed by atoms with Crippen LogP contribution in [0.4, 0.5) is 0 Å². The first kappa shape index (κ1) is 19.4. The molecule has 2 aromatic carbocycles. The van der Waals surface area contributed by atoms with Gasteiger partial charge in [0.15, 0.2) is 0 Å². The number of nitrogens with one attached hydrogen (secondary N) is 1. The Labute approximate surface area is 172 Å². The van der Waals surface area contributed by atoms with Crippen LogP contribution in [0.1, 0.15) is 24.8 Å². The smallest absolute Gasteiger partial charge is 0.329 e. The van der Waals surface area contributed by atoms with Gasteiger partial charge in [0.25, 0.3) is 0 Å². The molecule has 1 amide bonds. The Bertz CT molecular complexity index is 1170. The normalized spacial score (nSPS) is 11.3. The number of thiazole rings is 1. The second-order valence-electron chi connectivity index (χ2n) is 7.04. The van der Waals surface area contributed by atoms with Crippen LogP contribution in [0.3, 0.4) is 0 Å². The Kier molecular flexibility index (Phi) is 5.76. The summed E-state index contributed by atoms with van der Waals surface area (Å²) >= 11 is 1.70. The monoisotopic (exact) mass is 408 g/mol. The minimum absolute atomic E-state index is 0.0389. The molecule has 0 spiro atoms. The molecule has 0 aliphatic rings. The molecule has 29 heavy (non-hydrogen) atoms. The maximum atomic E-state index is 12.8. The average Bonchev–Trinajstić information content (AvgIpc) is 3.26. The van der Waals surface area contributed by atoms with E-state index in [-0.39, 0.29) is 18.1 Å². The van der Waals surface area contributed by atoms with Gasteiger partial charge in [-0.15, -0.1) is 11.3 Å². The summed E-state index contributed by atoms with van der Waals surface area (Å²) in [5, 5.41) is 4.02. The van der Waals surface area contributed by atoms with Crippen LogP contribution in [0, 0.1) is 0 Å². The summed E-state index contributed by atoms with van der Waals surface area (Å²) in [6.07, 6.45) is 2.51. The molecule has 0 aliphatic carbocycles. The maximum Gasteiger partial charge on any atom is 0.329 e. The Morgan fingerprint density at radius 3 is 2.55 bits per heavy atom. The number of carbonyl (C=O) groups is 1. The lowest BCUT2D eigenvalue weighted by molar-refractivity contribution is -0.121. The molecule has 1 N–H and O–H groups in total. The fourth-order valence-electron chi connectivity index (χ4n) is 3.56. The van der Waals surface area contributed by atoms with Crippen molar-refractivity contribution in [2.45, 2.75) is 39.3 Å². The number of para-hydroxylation sites is 3. The van der Waals surface area contributed by atoms with E-state index in [9.17, 15) is 9.59 Å². The number of amides is 1. The first-order valence-electron chi connectivity index (χ1n) is 9.96. The molecular formula is C22H24N4O2S. The number of rotatable bonds is 8. The largest absolute Gasteiger partial charge is 0.355 e. The van der Waals surface area contributed by atoms with Gasteiger partial charge in [0.1, 0.15) is 6.54 Å². The van der Waals surface area contributed by atoms with Gasteiger partial charge >= 0.3 is 5.69 Å². The molecule has 0 saturated carbocycles. The lowest BCUT2D eigenvalue weighted by atomic mass is 10.3. The van der Waals surface area contributed by atoms with E-state index < -0.39 is 0 Å². The van der Waals surface area contributed by atoms with Gasteiger partial charge in [-0.25, -0.2) is 9.78 Å². The van der Waals surface area contributed by atoms with Crippen LogP contribution in [0.5, 0.6) is 0 Å². The third-order valence-corrected chi connectivity index (χ3v) is 6.00. The SMILES string of the molecule is CCCn1c(=O)n(CC(=O)NCCCc2nc3ccccc3s2)c2ccccc21. The van der Waals surface area contributed by atoms with Crippen molar-refractivity contribution in [1.29, 1.82) is 0 Å². The van der Waals surface area contributed by atoms with Crippen LogP contribution < -0.4 is 11.0 Å². The van der Waals surface area contributed by atoms with Crippen LogP contribution in [0.2, 0.25) is 0 Å². The molecule has 0 unspecified atom stereocenters. The molecule has 4 rings (SSSR count). The Hall–Kier alpha value is -2.93. The predicted octanol–water partition coefficient (Wildman–Crippen LogP) is 3.57.